The van der Waals surface area contributed by atoms with Gasteiger partial charge in [0, 0.05) is 50.3 Å². The van der Waals surface area contributed by atoms with Crippen molar-refractivity contribution in [2.24, 2.45) is 0 Å². The Morgan fingerprint density at radius 3 is 1.64 bits per heavy atom. The van der Waals surface area contributed by atoms with Crippen LogP contribution < -0.4 is 9.80 Å². The first-order valence-electron chi connectivity index (χ1n) is 23.0. The van der Waals surface area contributed by atoms with Crippen LogP contribution in [-0.2, 0) is 6.42 Å². The SMILES string of the molecule is C1=Cc2c(oc3c(N(C4=CC=C(c5ccc(-c6ccc(N(c7cccc8ccccc78)c7cccc8c7oc7ccccc78)cc6)cc5)CC4)c4cccc5ccccc45)cccc23)CC1. The molecule has 0 N–H and O–H groups in total. The molecule has 0 saturated heterocycles. The quantitative estimate of drug-likeness (QED) is 0.152. The van der Waals surface area contributed by atoms with E-state index in [-0.39, 0.29) is 0 Å². The number of aryl methyl sites for hydroxylation is 1. The Morgan fingerprint density at radius 2 is 0.924 bits per heavy atom. The van der Waals surface area contributed by atoms with Crippen LogP contribution in [0.15, 0.2) is 227 Å². The Kier molecular flexibility index (Phi) is 9.09. The van der Waals surface area contributed by atoms with Crippen molar-refractivity contribution in [2.45, 2.75) is 25.7 Å². The molecule has 2 heterocycles. The van der Waals surface area contributed by atoms with Gasteiger partial charge in [-0.25, -0.2) is 0 Å². The van der Waals surface area contributed by atoms with E-state index in [2.05, 4.69) is 216 Å². The van der Waals surface area contributed by atoms with Crippen LogP contribution >= 0.6 is 0 Å². The normalized spacial score (nSPS) is 13.6. The number of anilines is 5. The number of benzene rings is 9. The van der Waals surface area contributed by atoms with Gasteiger partial charge < -0.3 is 18.6 Å². The topological polar surface area (TPSA) is 32.8 Å². The van der Waals surface area contributed by atoms with Crippen LogP contribution in [0.25, 0.3) is 77.2 Å². The number of allylic oxidation sites excluding steroid dienone is 5. The Labute approximate surface area is 383 Å². The zero-order valence-corrected chi connectivity index (χ0v) is 36.3. The molecule has 2 aromatic heterocycles. The third-order valence-electron chi connectivity index (χ3n) is 13.6. The van der Waals surface area contributed by atoms with Gasteiger partial charge in [-0.1, -0.05) is 170 Å². The van der Waals surface area contributed by atoms with Gasteiger partial charge in [0.2, 0.25) is 0 Å². The molecule has 0 radical (unpaired) electrons. The van der Waals surface area contributed by atoms with Crippen molar-refractivity contribution < 1.29 is 8.83 Å². The van der Waals surface area contributed by atoms with Crippen molar-refractivity contribution >= 4 is 94.5 Å². The van der Waals surface area contributed by atoms with Gasteiger partial charge in [0.15, 0.2) is 11.2 Å². The molecule has 0 aliphatic heterocycles. The number of fused-ring (bicyclic) bond motifs is 8. The number of hydrogen-bond donors (Lipinski definition) is 0. The maximum Gasteiger partial charge on any atom is 0.159 e. The molecule has 0 fully saturated rings. The minimum Gasteiger partial charge on any atom is -0.458 e. The fourth-order valence-corrected chi connectivity index (χ4v) is 10.4. The van der Waals surface area contributed by atoms with Gasteiger partial charge in [-0.15, -0.1) is 0 Å². The molecule has 0 amide bonds. The van der Waals surface area contributed by atoms with Gasteiger partial charge in [-0.3, -0.25) is 0 Å². The molecule has 9 aromatic carbocycles. The van der Waals surface area contributed by atoms with Gasteiger partial charge in [-0.05, 0) is 101 Å². The first-order valence-corrected chi connectivity index (χ1v) is 23.0. The molecule has 0 atom stereocenters. The van der Waals surface area contributed by atoms with Crippen molar-refractivity contribution in [2.75, 3.05) is 9.80 Å². The number of hydrogen-bond acceptors (Lipinski definition) is 4. The maximum absolute atomic E-state index is 6.72. The van der Waals surface area contributed by atoms with Crippen LogP contribution in [0.3, 0.4) is 0 Å². The molecule has 0 unspecified atom stereocenters. The average Bonchev–Trinajstić information content (AvgIpc) is 3.97. The molecule has 314 valence electrons. The van der Waals surface area contributed by atoms with Gasteiger partial charge in [-0.2, -0.15) is 0 Å². The van der Waals surface area contributed by atoms with E-state index >= 15 is 0 Å². The highest BCUT2D eigenvalue weighted by atomic mass is 16.3. The summed E-state index contributed by atoms with van der Waals surface area (Å²) in [6.45, 7) is 0. The van der Waals surface area contributed by atoms with Crippen molar-refractivity contribution in [3.05, 3.63) is 235 Å². The third-order valence-corrected chi connectivity index (χ3v) is 13.6. The van der Waals surface area contributed by atoms with Crippen LogP contribution in [-0.4, -0.2) is 0 Å². The largest absolute Gasteiger partial charge is 0.458 e. The summed E-state index contributed by atoms with van der Waals surface area (Å²) in [6, 6.07) is 69.8. The summed E-state index contributed by atoms with van der Waals surface area (Å²) in [5, 5.41) is 8.21. The number of furan rings is 2. The summed E-state index contributed by atoms with van der Waals surface area (Å²) in [7, 11) is 0. The van der Waals surface area contributed by atoms with Gasteiger partial charge in [0.1, 0.15) is 11.3 Å². The lowest BCUT2D eigenvalue weighted by molar-refractivity contribution is 0.546. The second-order valence-corrected chi connectivity index (χ2v) is 17.4. The minimum atomic E-state index is 0.873. The summed E-state index contributed by atoms with van der Waals surface area (Å²) in [5.41, 5.74) is 15.5. The van der Waals surface area contributed by atoms with E-state index in [9.17, 15) is 0 Å². The lowest BCUT2D eigenvalue weighted by atomic mass is 9.93. The Hall–Kier alpha value is -8.34. The van der Waals surface area contributed by atoms with E-state index < -0.39 is 0 Å². The Morgan fingerprint density at radius 1 is 0.379 bits per heavy atom. The first-order chi connectivity index (χ1) is 32.7. The summed E-state index contributed by atoms with van der Waals surface area (Å²) in [4.78, 5) is 4.79. The zero-order chi connectivity index (χ0) is 43.6. The molecule has 11 aromatic rings. The highest BCUT2D eigenvalue weighted by Gasteiger charge is 2.26. The maximum atomic E-state index is 6.72. The van der Waals surface area contributed by atoms with Crippen LogP contribution in [0.2, 0.25) is 0 Å². The summed E-state index contributed by atoms with van der Waals surface area (Å²) in [6.07, 6.45) is 12.9. The summed E-state index contributed by atoms with van der Waals surface area (Å²) < 4.78 is 13.3. The van der Waals surface area contributed by atoms with Crippen molar-refractivity contribution in [3.8, 4) is 11.1 Å². The molecule has 0 spiro atoms. The average molecular weight is 849 g/mol. The zero-order valence-electron chi connectivity index (χ0n) is 36.3. The van der Waals surface area contributed by atoms with E-state index in [1.165, 1.54) is 60.5 Å². The van der Waals surface area contributed by atoms with Crippen molar-refractivity contribution in [1.29, 1.82) is 0 Å². The fourth-order valence-electron chi connectivity index (χ4n) is 10.4. The van der Waals surface area contributed by atoms with Gasteiger partial charge in [0.25, 0.3) is 0 Å². The van der Waals surface area contributed by atoms with E-state index in [0.29, 0.717) is 0 Å². The lowest BCUT2D eigenvalue weighted by Crippen LogP contribution is -2.18. The smallest absolute Gasteiger partial charge is 0.159 e. The monoisotopic (exact) mass is 848 g/mol. The Balaban J connectivity index is 0.839. The van der Waals surface area contributed by atoms with E-state index in [0.717, 1.165) is 87.4 Å². The predicted octanol–water partition coefficient (Wildman–Crippen LogP) is 17.6. The summed E-state index contributed by atoms with van der Waals surface area (Å²) in [5.74, 6) is 1.08. The van der Waals surface area contributed by atoms with Crippen LogP contribution in [0, 0.1) is 0 Å². The molecule has 4 nitrogen and oxygen atoms in total. The van der Waals surface area contributed by atoms with Gasteiger partial charge in [0.05, 0.1) is 22.7 Å². The molecular weight excluding hydrogens is 805 g/mol. The van der Waals surface area contributed by atoms with Crippen LogP contribution in [0.4, 0.5) is 28.4 Å². The molecular formula is C62H44N2O2. The molecule has 0 bridgehead atoms. The number of rotatable bonds is 8. The molecule has 4 heteroatoms. The van der Waals surface area contributed by atoms with E-state index in [4.69, 9.17) is 8.83 Å². The van der Waals surface area contributed by atoms with Crippen molar-refractivity contribution in [1.82, 2.24) is 0 Å². The molecule has 66 heavy (non-hydrogen) atoms. The third kappa shape index (κ3) is 6.36. The second kappa shape index (κ2) is 15.7. The second-order valence-electron chi connectivity index (χ2n) is 17.4. The highest BCUT2D eigenvalue weighted by molar-refractivity contribution is 6.12. The van der Waals surface area contributed by atoms with Crippen LogP contribution in [0.1, 0.15) is 36.1 Å². The molecule has 0 saturated carbocycles. The lowest BCUT2D eigenvalue weighted by Gasteiger charge is -2.31. The van der Waals surface area contributed by atoms with Crippen LogP contribution in [0.5, 0.6) is 0 Å². The summed E-state index contributed by atoms with van der Waals surface area (Å²) >= 11 is 0. The molecule has 13 rings (SSSR count). The number of para-hydroxylation sites is 3. The fraction of sp³-hybridized carbons (Fsp3) is 0.0645. The molecule has 2 aliphatic rings. The molecule has 2 aliphatic carbocycles. The number of nitrogens with zero attached hydrogens (tertiary/aromatic N) is 2. The van der Waals surface area contributed by atoms with Crippen molar-refractivity contribution in [3.63, 3.8) is 0 Å². The Bertz CT molecular complexity index is 3760. The van der Waals surface area contributed by atoms with Gasteiger partial charge >= 0.3 is 0 Å². The first kappa shape index (κ1) is 38.1. The standard InChI is InChI=1S/C62H44N2O2/c1-3-17-49-45(13-1)15-9-23-55(49)63(57-25-11-21-53-51-19-5-7-27-59(51)65-61(53)57)47-37-33-43(34-38-47)41-29-31-42(32-30-41)44-35-39-48(40-36-44)64(56-24-10-16-46-14-2-4-18-50(46)56)58-26-12-22-54-52-20-6-8-28-60(52)66-62(54)58/h1-7,9-27,29-35,37-39H,8,28,36,40H2. The highest BCUT2D eigenvalue weighted by Crippen LogP contribution is 2.47. The predicted molar refractivity (Wildman–Crippen MR) is 276 cm³/mol. The van der Waals surface area contributed by atoms with E-state index in [1.54, 1.807) is 0 Å². The van der Waals surface area contributed by atoms with E-state index in [1.807, 2.05) is 12.1 Å². The minimum absolute atomic E-state index is 0.873.